The molecule has 0 bridgehead atoms. The Balaban J connectivity index is 1.58. The average Bonchev–Trinajstić information content (AvgIpc) is 3.13. The molecule has 0 heterocycles. The molecule has 18 atom stereocenters. The topological polar surface area (TPSA) is 0 Å². The Labute approximate surface area is 196 Å². The summed E-state index contributed by atoms with van der Waals surface area (Å²) in [5.41, 5.74) is 0. The van der Waals surface area contributed by atoms with E-state index < -0.39 is 0 Å². The molecule has 0 aliphatic heterocycles. The van der Waals surface area contributed by atoms with Crippen molar-refractivity contribution in [1.82, 2.24) is 0 Å². The van der Waals surface area contributed by atoms with Crippen molar-refractivity contribution in [2.75, 3.05) is 0 Å². The van der Waals surface area contributed by atoms with Gasteiger partial charge in [-0.3, -0.25) is 0 Å². The van der Waals surface area contributed by atoms with Crippen molar-refractivity contribution in [2.24, 2.45) is 107 Å². The van der Waals surface area contributed by atoms with E-state index >= 15 is 0 Å². The molecule has 4 aliphatic carbocycles. The van der Waals surface area contributed by atoms with Gasteiger partial charge in [-0.15, -0.1) is 0 Å². The third-order valence-corrected chi connectivity index (χ3v) is 14.0. The zero-order valence-corrected chi connectivity index (χ0v) is 23.1. The van der Waals surface area contributed by atoms with Crippen LogP contribution in [0.5, 0.6) is 0 Å². The molecule has 31 heavy (non-hydrogen) atoms. The Bertz CT molecular complexity index is 530. The lowest BCUT2D eigenvalue weighted by atomic mass is 9.57. The normalized spacial score (nSPS) is 64.3. The third kappa shape index (κ3) is 3.33. The van der Waals surface area contributed by atoms with Crippen molar-refractivity contribution in [2.45, 2.75) is 89.5 Å². The number of fused-ring (bicyclic) bond motifs is 2. The van der Waals surface area contributed by atoms with Gasteiger partial charge in [-0.2, -0.15) is 0 Å². The van der Waals surface area contributed by atoms with Gasteiger partial charge < -0.3 is 0 Å². The first-order valence-corrected chi connectivity index (χ1v) is 14.4. The molecule has 0 aromatic carbocycles. The highest BCUT2D eigenvalue weighted by atomic mass is 14.6. The molecule has 4 fully saturated rings. The fraction of sp³-hybridized carbons (Fsp3) is 1.00. The Hall–Kier alpha value is 0. The van der Waals surface area contributed by atoms with E-state index in [1.54, 1.807) is 0 Å². The van der Waals surface area contributed by atoms with Crippen molar-refractivity contribution < 1.29 is 0 Å². The van der Waals surface area contributed by atoms with Gasteiger partial charge >= 0.3 is 0 Å². The van der Waals surface area contributed by atoms with Crippen LogP contribution in [0.25, 0.3) is 0 Å². The maximum atomic E-state index is 2.67. The van der Waals surface area contributed by atoms with E-state index in [1.807, 2.05) is 0 Å². The fourth-order valence-corrected chi connectivity index (χ4v) is 11.3. The van der Waals surface area contributed by atoms with E-state index in [0.717, 1.165) is 107 Å². The quantitative estimate of drug-likeness (QED) is 0.412. The van der Waals surface area contributed by atoms with Crippen LogP contribution in [0.4, 0.5) is 0 Å². The number of hydrogen-bond donors (Lipinski definition) is 0. The van der Waals surface area contributed by atoms with Crippen molar-refractivity contribution in [1.29, 1.82) is 0 Å². The monoisotopic (exact) mass is 428 g/mol. The molecule has 0 heteroatoms. The molecule has 0 amide bonds. The number of rotatable bonds is 2. The third-order valence-electron chi connectivity index (χ3n) is 14.0. The summed E-state index contributed by atoms with van der Waals surface area (Å²) >= 11 is 0. The summed E-state index contributed by atoms with van der Waals surface area (Å²) < 4.78 is 0. The largest absolute Gasteiger partial charge is 0.0620 e. The zero-order valence-electron chi connectivity index (χ0n) is 23.1. The van der Waals surface area contributed by atoms with E-state index in [2.05, 4.69) is 83.1 Å². The molecule has 4 saturated carbocycles. The second kappa shape index (κ2) is 8.34. The van der Waals surface area contributed by atoms with Gasteiger partial charge in [0.05, 0.1) is 0 Å². The zero-order chi connectivity index (χ0) is 23.1. The molecule has 4 rings (SSSR count). The molecule has 0 aromatic rings. The Morgan fingerprint density at radius 1 is 0.258 bits per heavy atom. The van der Waals surface area contributed by atoms with E-state index in [9.17, 15) is 0 Å². The molecule has 2 unspecified atom stereocenters. The molecular formula is C31H56. The summed E-state index contributed by atoms with van der Waals surface area (Å²) in [7, 11) is 0. The van der Waals surface area contributed by atoms with Crippen LogP contribution in [0, 0.1) is 107 Å². The van der Waals surface area contributed by atoms with Crippen LogP contribution in [0.2, 0.25) is 0 Å². The van der Waals surface area contributed by atoms with E-state index in [0.29, 0.717) is 0 Å². The summed E-state index contributed by atoms with van der Waals surface area (Å²) in [5.74, 6) is 16.6. The molecule has 0 radical (unpaired) electrons. The summed E-state index contributed by atoms with van der Waals surface area (Å²) in [4.78, 5) is 0. The van der Waals surface area contributed by atoms with Crippen molar-refractivity contribution in [3.05, 3.63) is 0 Å². The lowest BCUT2D eigenvalue weighted by molar-refractivity contribution is 0.00237. The van der Waals surface area contributed by atoms with Crippen LogP contribution in [0.3, 0.4) is 0 Å². The lowest BCUT2D eigenvalue weighted by Crippen LogP contribution is -2.42. The second-order valence-corrected chi connectivity index (χ2v) is 14.2. The Kier molecular flexibility index (Phi) is 6.49. The maximum absolute atomic E-state index is 2.67. The summed E-state index contributed by atoms with van der Waals surface area (Å²) in [6, 6.07) is 0. The summed E-state index contributed by atoms with van der Waals surface area (Å²) in [5, 5.41) is 0. The van der Waals surface area contributed by atoms with Crippen molar-refractivity contribution >= 4 is 0 Å². The van der Waals surface area contributed by atoms with Crippen LogP contribution in [-0.2, 0) is 0 Å². The number of hydrogen-bond acceptors (Lipinski definition) is 0. The average molecular weight is 429 g/mol. The molecule has 0 spiro atoms. The van der Waals surface area contributed by atoms with E-state index in [1.165, 1.54) is 6.42 Å². The van der Waals surface area contributed by atoms with Gasteiger partial charge in [-0.25, -0.2) is 0 Å². The second-order valence-electron chi connectivity index (χ2n) is 14.2. The van der Waals surface area contributed by atoms with Crippen LogP contribution in [-0.4, -0.2) is 0 Å². The highest BCUT2D eigenvalue weighted by molar-refractivity contribution is 5.07. The van der Waals surface area contributed by atoms with Crippen molar-refractivity contribution in [3.63, 3.8) is 0 Å². The van der Waals surface area contributed by atoms with Crippen molar-refractivity contribution in [3.8, 4) is 0 Å². The van der Waals surface area contributed by atoms with Crippen LogP contribution >= 0.6 is 0 Å². The van der Waals surface area contributed by atoms with E-state index in [-0.39, 0.29) is 0 Å². The van der Waals surface area contributed by atoms with Gasteiger partial charge in [0.25, 0.3) is 0 Å². The van der Waals surface area contributed by atoms with Gasteiger partial charge in [0.1, 0.15) is 0 Å². The van der Waals surface area contributed by atoms with Gasteiger partial charge in [0, 0.05) is 0 Å². The smallest absolute Gasteiger partial charge is 0.0324 e. The maximum Gasteiger partial charge on any atom is -0.0324 e. The first-order chi connectivity index (χ1) is 14.4. The van der Waals surface area contributed by atoms with Gasteiger partial charge in [0.2, 0.25) is 0 Å². The Morgan fingerprint density at radius 3 is 0.645 bits per heavy atom. The van der Waals surface area contributed by atoms with Gasteiger partial charge in [-0.1, -0.05) is 83.1 Å². The minimum atomic E-state index is 0.890. The predicted octanol–water partition coefficient (Wildman–Crippen LogP) is 8.76. The highest BCUT2D eigenvalue weighted by Gasteiger charge is 2.59. The van der Waals surface area contributed by atoms with Gasteiger partial charge in [0.15, 0.2) is 0 Å². The molecule has 4 aliphatic rings. The fourth-order valence-electron chi connectivity index (χ4n) is 11.3. The molecule has 0 saturated heterocycles. The molecule has 0 nitrogen and oxygen atoms in total. The SMILES string of the molecule is C[C@@H]1[C@H](C)[C@H](C)[C@H]2[C@@H]([C@@H]1C)[C@@H](C)C(CC1[C@@H](C)[C@H]3[C@@H](C)[C@@H](C)[C@@H](C)[C@@H](C)[C@H]3[C@H]1C)[C@H]2C. The van der Waals surface area contributed by atoms with Crippen LogP contribution in [0.15, 0.2) is 0 Å². The summed E-state index contributed by atoms with van der Waals surface area (Å²) in [6.07, 6.45) is 1.52. The molecule has 0 aromatic heterocycles. The predicted molar refractivity (Wildman–Crippen MR) is 136 cm³/mol. The van der Waals surface area contributed by atoms with Gasteiger partial charge in [-0.05, 0) is 113 Å². The first kappa shape index (κ1) is 24.1. The highest BCUT2D eigenvalue weighted by Crippen LogP contribution is 2.64. The molecular weight excluding hydrogens is 372 g/mol. The van der Waals surface area contributed by atoms with Crippen LogP contribution < -0.4 is 0 Å². The lowest BCUT2D eigenvalue weighted by Gasteiger charge is -2.48. The molecule has 180 valence electrons. The summed E-state index contributed by atoms with van der Waals surface area (Å²) in [6.45, 7) is 31.4. The minimum Gasteiger partial charge on any atom is -0.0620 e. The van der Waals surface area contributed by atoms with Crippen LogP contribution in [0.1, 0.15) is 89.5 Å². The first-order valence-electron chi connectivity index (χ1n) is 14.4. The minimum absolute atomic E-state index is 0.890. The Morgan fingerprint density at radius 2 is 0.452 bits per heavy atom. The molecule has 0 N–H and O–H groups in total. The standard InChI is InChI=1S/C31H56/c1-14-15(2)19(6)29-23(10)26(22(9)28(29)18(14)5)13-27-24(11)30-20(7)16(3)17(4)21(8)31(30)25(27)12/h14-31H,13H2,1-12H3/t14-,15+,16-,17+,18-,19+,20-,21+,22+,23-,24+,25-,26?,27?,28+,29-,30+,31-. The van der Waals surface area contributed by atoms with E-state index in [4.69, 9.17) is 0 Å².